The van der Waals surface area contributed by atoms with Crippen molar-refractivity contribution < 1.29 is 9.53 Å². The normalized spacial score (nSPS) is 19.0. The Morgan fingerprint density at radius 1 is 1.12 bits per heavy atom. The first-order valence-corrected chi connectivity index (χ1v) is 8.75. The van der Waals surface area contributed by atoms with Gasteiger partial charge in [0, 0.05) is 54.8 Å². The molecule has 1 saturated carbocycles. The van der Waals surface area contributed by atoms with Crippen LogP contribution in [0.25, 0.3) is 10.9 Å². The molecular formula is C19H25ClN2O2. The quantitative estimate of drug-likeness (QED) is 0.777. The molecule has 0 spiro atoms. The fraction of sp³-hybridized carbons (Fsp3) is 0.526. The molecule has 2 fully saturated rings. The van der Waals surface area contributed by atoms with E-state index in [1.807, 2.05) is 6.07 Å². The Balaban J connectivity index is 0.00000169. The molecule has 2 aromatic rings. The highest BCUT2D eigenvalue weighted by molar-refractivity contribution is 6.09. The molecule has 0 radical (unpaired) electrons. The average Bonchev–Trinajstić information content (AvgIpc) is 2.91. The van der Waals surface area contributed by atoms with E-state index in [0.29, 0.717) is 5.78 Å². The molecule has 24 heavy (non-hydrogen) atoms. The van der Waals surface area contributed by atoms with Crippen LogP contribution in [-0.4, -0.2) is 48.1 Å². The summed E-state index contributed by atoms with van der Waals surface area (Å²) in [6, 6.07) is 8.32. The van der Waals surface area contributed by atoms with Gasteiger partial charge in [-0.3, -0.25) is 9.69 Å². The number of rotatable bonds is 5. The Kier molecular flexibility index (Phi) is 5.59. The number of ether oxygens (including phenoxy) is 1. The second-order valence-electron chi connectivity index (χ2n) is 6.70. The number of carbonyl (C=O) groups is 1. The van der Waals surface area contributed by atoms with Gasteiger partial charge in [0.2, 0.25) is 0 Å². The van der Waals surface area contributed by atoms with Gasteiger partial charge >= 0.3 is 0 Å². The lowest BCUT2D eigenvalue weighted by molar-refractivity contribution is 0.0365. The zero-order valence-electron chi connectivity index (χ0n) is 13.9. The maximum absolute atomic E-state index is 12.7. The van der Waals surface area contributed by atoms with E-state index in [1.165, 1.54) is 11.9 Å². The molecule has 1 aliphatic heterocycles. The maximum Gasteiger partial charge on any atom is 0.168 e. The molecule has 0 amide bonds. The van der Waals surface area contributed by atoms with Crippen molar-refractivity contribution in [3.05, 3.63) is 36.0 Å². The van der Waals surface area contributed by atoms with Crippen molar-refractivity contribution in [2.24, 2.45) is 5.92 Å². The number of fused-ring (bicyclic) bond motifs is 1. The largest absolute Gasteiger partial charge is 0.379 e. The molecular weight excluding hydrogens is 324 g/mol. The Bertz CT molecular complexity index is 702. The summed E-state index contributed by atoms with van der Waals surface area (Å²) in [5.41, 5.74) is 2.11. The van der Waals surface area contributed by atoms with Gasteiger partial charge in [-0.25, -0.2) is 0 Å². The van der Waals surface area contributed by atoms with E-state index >= 15 is 0 Å². The third-order valence-corrected chi connectivity index (χ3v) is 5.29. The van der Waals surface area contributed by atoms with E-state index in [9.17, 15) is 4.79 Å². The van der Waals surface area contributed by atoms with Crippen molar-refractivity contribution in [1.29, 1.82) is 0 Å². The molecule has 1 aromatic heterocycles. The van der Waals surface area contributed by atoms with Crippen molar-refractivity contribution in [2.45, 2.75) is 25.8 Å². The molecule has 0 N–H and O–H groups in total. The van der Waals surface area contributed by atoms with Gasteiger partial charge in [0.25, 0.3) is 0 Å². The zero-order chi connectivity index (χ0) is 15.6. The van der Waals surface area contributed by atoms with E-state index < -0.39 is 0 Å². The van der Waals surface area contributed by atoms with Gasteiger partial charge in [-0.1, -0.05) is 24.6 Å². The summed E-state index contributed by atoms with van der Waals surface area (Å²) in [7, 11) is 0. The van der Waals surface area contributed by atoms with E-state index in [0.717, 1.165) is 63.2 Å². The molecule has 0 atom stereocenters. The summed E-state index contributed by atoms with van der Waals surface area (Å²) in [6.07, 6.45) is 5.41. The second-order valence-corrected chi connectivity index (χ2v) is 6.70. The van der Waals surface area contributed by atoms with Gasteiger partial charge in [-0.2, -0.15) is 0 Å². The Labute approximate surface area is 149 Å². The lowest BCUT2D eigenvalue weighted by atomic mass is 9.80. The Hall–Kier alpha value is -1.36. The molecule has 4 rings (SSSR count). The highest BCUT2D eigenvalue weighted by Crippen LogP contribution is 2.32. The van der Waals surface area contributed by atoms with Crippen LogP contribution in [0.1, 0.15) is 29.6 Å². The molecule has 0 bridgehead atoms. The van der Waals surface area contributed by atoms with Gasteiger partial charge in [-0.15, -0.1) is 12.4 Å². The van der Waals surface area contributed by atoms with Gasteiger partial charge < -0.3 is 9.30 Å². The fourth-order valence-corrected chi connectivity index (χ4v) is 3.59. The predicted octanol–water partition coefficient (Wildman–Crippen LogP) is 3.38. The molecule has 1 saturated heterocycles. The number of ketones is 1. The maximum atomic E-state index is 12.7. The van der Waals surface area contributed by atoms with Crippen LogP contribution in [0.15, 0.2) is 30.5 Å². The van der Waals surface area contributed by atoms with Crippen LogP contribution in [-0.2, 0) is 11.3 Å². The van der Waals surface area contributed by atoms with Crippen LogP contribution in [0, 0.1) is 5.92 Å². The molecule has 0 unspecified atom stereocenters. The second kappa shape index (κ2) is 7.68. The predicted molar refractivity (Wildman–Crippen MR) is 98.1 cm³/mol. The number of Topliss-reactive ketones (excluding diaryl/α,β-unsaturated/α-hetero) is 1. The number of morpholine rings is 1. The standard InChI is InChI=1S/C19H24N2O2.ClH/c22-19(15-4-3-5-15)17-14-21(18-7-2-1-6-16(17)18)9-8-20-10-12-23-13-11-20;/h1-2,6-7,14-15H,3-5,8-13H2;1H. The van der Waals surface area contributed by atoms with Crippen molar-refractivity contribution in [1.82, 2.24) is 9.47 Å². The minimum Gasteiger partial charge on any atom is -0.379 e. The molecule has 2 heterocycles. The van der Waals surface area contributed by atoms with Crippen LogP contribution >= 0.6 is 12.4 Å². The molecule has 5 heteroatoms. The van der Waals surface area contributed by atoms with Gasteiger partial charge in [-0.05, 0) is 18.9 Å². The summed E-state index contributed by atoms with van der Waals surface area (Å²) < 4.78 is 7.67. The topological polar surface area (TPSA) is 34.5 Å². The first-order chi connectivity index (χ1) is 11.3. The van der Waals surface area contributed by atoms with Crippen LogP contribution < -0.4 is 0 Å². The summed E-state index contributed by atoms with van der Waals surface area (Å²) in [6.45, 7) is 5.62. The molecule has 1 aromatic carbocycles. The van der Waals surface area contributed by atoms with E-state index in [2.05, 4.69) is 33.9 Å². The smallest absolute Gasteiger partial charge is 0.168 e. The third-order valence-electron chi connectivity index (χ3n) is 5.29. The van der Waals surface area contributed by atoms with E-state index in [-0.39, 0.29) is 18.3 Å². The summed E-state index contributed by atoms with van der Waals surface area (Å²) in [4.78, 5) is 15.2. The average molecular weight is 349 g/mol. The number of halogens is 1. The van der Waals surface area contributed by atoms with Crippen molar-refractivity contribution in [3.8, 4) is 0 Å². The van der Waals surface area contributed by atoms with Crippen LogP contribution in [0.5, 0.6) is 0 Å². The number of para-hydroxylation sites is 1. The van der Waals surface area contributed by atoms with Gasteiger partial charge in [0.05, 0.1) is 13.2 Å². The minimum absolute atomic E-state index is 0. The molecule has 130 valence electrons. The van der Waals surface area contributed by atoms with Crippen molar-refractivity contribution >= 4 is 29.1 Å². The number of hydrogen-bond acceptors (Lipinski definition) is 3. The minimum atomic E-state index is 0. The highest BCUT2D eigenvalue weighted by Gasteiger charge is 2.28. The summed E-state index contributed by atoms with van der Waals surface area (Å²) in [5.74, 6) is 0.603. The monoisotopic (exact) mass is 348 g/mol. The summed E-state index contributed by atoms with van der Waals surface area (Å²) >= 11 is 0. The summed E-state index contributed by atoms with van der Waals surface area (Å²) in [5, 5.41) is 1.12. The molecule has 4 nitrogen and oxygen atoms in total. The number of aromatic nitrogens is 1. The fourth-order valence-electron chi connectivity index (χ4n) is 3.59. The van der Waals surface area contributed by atoms with Crippen LogP contribution in [0.2, 0.25) is 0 Å². The zero-order valence-corrected chi connectivity index (χ0v) is 14.8. The molecule has 1 aliphatic carbocycles. The SMILES string of the molecule is Cl.O=C(c1cn(CCN2CCOCC2)c2ccccc12)C1CCC1. The number of hydrogen-bond donors (Lipinski definition) is 0. The van der Waals surface area contributed by atoms with Gasteiger partial charge in [0.1, 0.15) is 0 Å². The van der Waals surface area contributed by atoms with Crippen molar-refractivity contribution in [3.63, 3.8) is 0 Å². The van der Waals surface area contributed by atoms with E-state index in [4.69, 9.17) is 4.74 Å². The highest BCUT2D eigenvalue weighted by atomic mass is 35.5. The third kappa shape index (κ3) is 3.37. The first kappa shape index (κ1) is 17.5. The van der Waals surface area contributed by atoms with Crippen molar-refractivity contribution in [2.75, 3.05) is 32.8 Å². The lowest BCUT2D eigenvalue weighted by Crippen LogP contribution is -2.38. The van der Waals surface area contributed by atoms with E-state index in [1.54, 1.807) is 0 Å². The number of carbonyl (C=O) groups excluding carboxylic acids is 1. The lowest BCUT2D eigenvalue weighted by Gasteiger charge is -2.26. The van der Waals surface area contributed by atoms with Crippen LogP contribution in [0.4, 0.5) is 0 Å². The number of benzene rings is 1. The van der Waals surface area contributed by atoms with Gasteiger partial charge in [0.15, 0.2) is 5.78 Å². The Morgan fingerprint density at radius 2 is 1.88 bits per heavy atom. The Morgan fingerprint density at radius 3 is 2.58 bits per heavy atom. The molecule has 2 aliphatic rings. The number of nitrogens with zero attached hydrogens (tertiary/aromatic N) is 2. The first-order valence-electron chi connectivity index (χ1n) is 8.75. The van der Waals surface area contributed by atoms with Crippen LogP contribution in [0.3, 0.4) is 0 Å².